The Morgan fingerprint density at radius 2 is 2.29 bits per heavy atom. The van der Waals surface area contributed by atoms with Crippen LogP contribution in [0, 0.1) is 11.3 Å². The molecule has 0 aromatic carbocycles. The van der Waals surface area contributed by atoms with Gasteiger partial charge in [0.1, 0.15) is 6.29 Å². The minimum absolute atomic E-state index is 0.640. The van der Waals surface area contributed by atoms with Crippen LogP contribution in [0.2, 0.25) is 0 Å². The van der Waals surface area contributed by atoms with Gasteiger partial charge >= 0.3 is 0 Å². The average molecular weight is 115 g/mol. The van der Waals surface area contributed by atoms with Crippen LogP contribution in [0.1, 0.15) is 0 Å². The summed E-state index contributed by atoms with van der Waals surface area (Å²) in [6.45, 7) is 0. The van der Waals surface area contributed by atoms with Gasteiger partial charge in [0.15, 0.2) is 0 Å². The smallest absolute Gasteiger partial charge is 0.143 e. The SMILES string of the molecule is O=C/C=C/C#CCl. The fraction of sp³-hybridized carbons (Fsp3) is 0. The molecule has 0 amide bonds. The molecule has 0 heterocycles. The first kappa shape index (κ1) is 6.26. The molecule has 0 spiro atoms. The zero-order chi connectivity index (χ0) is 5.54. The van der Waals surface area contributed by atoms with E-state index in [0.29, 0.717) is 6.29 Å². The Kier molecular flexibility index (Phi) is 4.70. The lowest BCUT2D eigenvalue weighted by molar-refractivity contribution is -0.104. The van der Waals surface area contributed by atoms with Crippen molar-refractivity contribution in [1.29, 1.82) is 0 Å². The maximum Gasteiger partial charge on any atom is 0.143 e. The zero-order valence-corrected chi connectivity index (χ0v) is 4.27. The second-order valence-electron chi connectivity index (χ2n) is 0.734. The van der Waals surface area contributed by atoms with Gasteiger partial charge < -0.3 is 0 Å². The summed E-state index contributed by atoms with van der Waals surface area (Å²) < 4.78 is 0. The van der Waals surface area contributed by atoms with E-state index in [1.54, 1.807) is 0 Å². The van der Waals surface area contributed by atoms with Crippen molar-refractivity contribution < 1.29 is 4.79 Å². The summed E-state index contributed by atoms with van der Waals surface area (Å²) in [4.78, 5) is 9.48. The Balaban J connectivity index is 3.40. The van der Waals surface area contributed by atoms with Crippen LogP contribution in [0.5, 0.6) is 0 Å². The first-order valence-corrected chi connectivity index (χ1v) is 2.01. The third-order valence-electron chi connectivity index (χ3n) is 0.313. The van der Waals surface area contributed by atoms with Crippen LogP contribution in [0.3, 0.4) is 0 Å². The number of rotatable bonds is 1. The van der Waals surface area contributed by atoms with Crippen molar-refractivity contribution in [3.8, 4) is 11.3 Å². The highest BCUT2D eigenvalue weighted by Crippen LogP contribution is 1.65. The molecule has 0 aliphatic carbocycles. The van der Waals surface area contributed by atoms with Crippen molar-refractivity contribution in [2.45, 2.75) is 0 Å². The molecular formula is C5H3ClO. The number of aldehydes is 1. The minimum atomic E-state index is 0.640. The molecule has 0 rings (SSSR count). The molecule has 0 radical (unpaired) electrons. The molecule has 0 saturated carbocycles. The number of halogens is 1. The van der Waals surface area contributed by atoms with Crippen molar-refractivity contribution >= 4 is 17.9 Å². The molecule has 36 valence electrons. The fourth-order valence-electron chi connectivity index (χ4n) is 0.119. The predicted octanol–water partition coefficient (Wildman–Crippen LogP) is 0.941. The Morgan fingerprint density at radius 1 is 1.57 bits per heavy atom. The van der Waals surface area contributed by atoms with Crippen LogP contribution < -0.4 is 0 Å². The Labute approximate surface area is 47.0 Å². The quantitative estimate of drug-likeness (QED) is 0.282. The van der Waals surface area contributed by atoms with Gasteiger partial charge in [0.05, 0.1) is 0 Å². The summed E-state index contributed by atoms with van der Waals surface area (Å²) in [5.41, 5.74) is 0. The number of carbonyl (C=O) groups is 1. The summed E-state index contributed by atoms with van der Waals surface area (Å²) >= 11 is 4.91. The zero-order valence-electron chi connectivity index (χ0n) is 3.52. The average Bonchev–Trinajstić information content (AvgIpc) is 1.69. The molecule has 0 unspecified atom stereocenters. The van der Waals surface area contributed by atoms with Gasteiger partial charge in [-0.15, -0.1) is 0 Å². The highest BCUT2D eigenvalue weighted by atomic mass is 35.5. The summed E-state index contributed by atoms with van der Waals surface area (Å²) in [6, 6.07) is 0. The van der Waals surface area contributed by atoms with E-state index < -0.39 is 0 Å². The van der Waals surface area contributed by atoms with Crippen LogP contribution in [0.25, 0.3) is 0 Å². The van der Waals surface area contributed by atoms with Crippen molar-refractivity contribution in [3.63, 3.8) is 0 Å². The molecule has 0 N–H and O–H groups in total. The van der Waals surface area contributed by atoms with Gasteiger partial charge in [-0.25, -0.2) is 0 Å². The predicted molar refractivity (Wildman–Crippen MR) is 28.8 cm³/mol. The normalized spacial score (nSPS) is 7.57. The molecule has 1 nitrogen and oxygen atoms in total. The molecular weight excluding hydrogens is 112 g/mol. The lowest BCUT2D eigenvalue weighted by atomic mass is 10.5. The molecule has 0 fully saturated rings. The summed E-state index contributed by atoms with van der Waals surface area (Å²) in [5.74, 6) is 2.35. The summed E-state index contributed by atoms with van der Waals surface area (Å²) in [7, 11) is 0. The van der Waals surface area contributed by atoms with E-state index in [-0.39, 0.29) is 0 Å². The van der Waals surface area contributed by atoms with Gasteiger partial charge in [-0.3, -0.25) is 4.79 Å². The molecule has 0 aliphatic heterocycles. The van der Waals surface area contributed by atoms with E-state index in [9.17, 15) is 4.79 Å². The maximum atomic E-state index is 9.48. The fourth-order valence-corrected chi connectivity index (χ4v) is 0.182. The largest absolute Gasteiger partial charge is 0.299 e. The maximum absolute atomic E-state index is 9.48. The van der Waals surface area contributed by atoms with E-state index in [1.165, 1.54) is 12.2 Å². The first-order valence-electron chi connectivity index (χ1n) is 1.63. The minimum Gasteiger partial charge on any atom is -0.299 e. The van der Waals surface area contributed by atoms with Gasteiger partial charge in [0, 0.05) is 5.38 Å². The molecule has 0 aromatic rings. The summed E-state index contributed by atoms with van der Waals surface area (Å²) in [5, 5.41) is 2.08. The van der Waals surface area contributed by atoms with E-state index in [0.717, 1.165) is 0 Å². The van der Waals surface area contributed by atoms with E-state index >= 15 is 0 Å². The molecule has 0 saturated heterocycles. The monoisotopic (exact) mass is 114 g/mol. The van der Waals surface area contributed by atoms with Crippen LogP contribution >= 0.6 is 11.6 Å². The standard InChI is InChI=1S/C5H3ClO/c6-4-2-1-3-5-7/h1,3,5H/b3-1+. The molecule has 0 atom stereocenters. The number of allylic oxidation sites excluding steroid dienone is 2. The third-order valence-corrected chi connectivity index (χ3v) is 0.422. The van der Waals surface area contributed by atoms with Crippen LogP contribution in [-0.4, -0.2) is 6.29 Å². The van der Waals surface area contributed by atoms with E-state index in [1.807, 2.05) is 0 Å². The number of hydrogen-bond acceptors (Lipinski definition) is 1. The molecule has 0 aliphatic rings. The third kappa shape index (κ3) is 5.26. The van der Waals surface area contributed by atoms with Crippen molar-refractivity contribution in [1.82, 2.24) is 0 Å². The second-order valence-corrected chi connectivity index (χ2v) is 0.923. The highest BCUT2D eigenvalue weighted by molar-refractivity contribution is 6.30. The van der Waals surface area contributed by atoms with Gasteiger partial charge in [-0.1, -0.05) is 5.92 Å². The Hall–Kier alpha value is -0.740. The van der Waals surface area contributed by atoms with Crippen molar-refractivity contribution in [2.24, 2.45) is 0 Å². The molecule has 7 heavy (non-hydrogen) atoms. The Morgan fingerprint density at radius 3 is 2.71 bits per heavy atom. The van der Waals surface area contributed by atoms with Crippen LogP contribution in [-0.2, 0) is 4.79 Å². The van der Waals surface area contributed by atoms with E-state index in [4.69, 9.17) is 11.6 Å². The molecule has 0 aromatic heterocycles. The number of carbonyl (C=O) groups excluding carboxylic acids is 1. The second kappa shape index (κ2) is 5.26. The number of hydrogen-bond donors (Lipinski definition) is 0. The van der Waals surface area contributed by atoms with Gasteiger partial charge in [0.25, 0.3) is 0 Å². The first-order chi connectivity index (χ1) is 3.41. The van der Waals surface area contributed by atoms with Gasteiger partial charge in [-0.05, 0) is 23.8 Å². The van der Waals surface area contributed by atoms with Crippen LogP contribution in [0.4, 0.5) is 0 Å². The van der Waals surface area contributed by atoms with Gasteiger partial charge in [-0.2, -0.15) is 0 Å². The summed E-state index contributed by atoms with van der Waals surface area (Å²) in [6.07, 6.45) is 3.29. The topological polar surface area (TPSA) is 17.1 Å². The lowest BCUT2D eigenvalue weighted by Crippen LogP contribution is -1.53. The highest BCUT2D eigenvalue weighted by Gasteiger charge is 1.55. The lowest BCUT2D eigenvalue weighted by Gasteiger charge is -1.55. The Bertz CT molecular complexity index is 127. The van der Waals surface area contributed by atoms with Gasteiger partial charge in [0.2, 0.25) is 0 Å². The van der Waals surface area contributed by atoms with Crippen LogP contribution in [0.15, 0.2) is 12.2 Å². The van der Waals surface area contributed by atoms with Crippen molar-refractivity contribution in [3.05, 3.63) is 12.2 Å². The van der Waals surface area contributed by atoms with E-state index in [2.05, 4.69) is 11.3 Å². The molecule has 0 bridgehead atoms. The molecule has 2 heteroatoms. The van der Waals surface area contributed by atoms with Crippen molar-refractivity contribution in [2.75, 3.05) is 0 Å².